The second-order valence-corrected chi connectivity index (χ2v) is 6.62. The average Bonchev–Trinajstić information content (AvgIpc) is 3.12. The number of aromatic nitrogens is 2. The van der Waals surface area contributed by atoms with E-state index in [0.717, 1.165) is 37.4 Å². The number of anilines is 1. The molecule has 4 rings (SSSR count). The largest absolute Gasteiger partial charge is 0.506 e. The summed E-state index contributed by atoms with van der Waals surface area (Å²) in [5.41, 5.74) is 3.02. The van der Waals surface area contributed by atoms with Crippen LogP contribution in [-0.4, -0.2) is 46.4 Å². The highest BCUT2D eigenvalue weighted by molar-refractivity contribution is 5.57. The van der Waals surface area contributed by atoms with Crippen LogP contribution in [0.25, 0.3) is 11.5 Å². The van der Waals surface area contributed by atoms with Gasteiger partial charge in [-0.05, 0) is 31.2 Å². The first-order chi connectivity index (χ1) is 12.7. The number of aryl methyl sites for hydroxylation is 1. The number of benzene rings is 2. The van der Waals surface area contributed by atoms with E-state index in [1.807, 2.05) is 49.4 Å². The zero-order valence-electron chi connectivity index (χ0n) is 14.8. The van der Waals surface area contributed by atoms with Gasteiger partial charge in [0, 0.05) is 31.7 Å². The van der Waals surface area contributed by atoms with Crippen LogP contribution in [0.3, 0.4) is 0 Å². The van der Waals surface area contributed by atoms with Crippen LogP contribution in [0.15, 0.2) is 52.9 Å². The molecule has 1 aliphatic rings. The second kappa shape index (κ2) is 7.17. The Morgan fingerprint density at radius 3 is 2.58 bits per heavy atom. The number of phenols is 1. The van der Waals surface area contributed by atoms with E-state index in [0.29, 0.717) is 24.1 Å². The van der Waals surface area contributed by atoms with Gasteiger partial charge in [0.2, 0.25) is 11.8 Å². The summed E-state index contributed by atoms with van der Waals surface area (Å²) in [6.07, 6.45) is 0. The highest BCUT2D eigenvalue weighted by Crippen LogP contribution is 2.27. The molecule has 1 fully saturated rings. The highest BCUT2D eigenvalue weighted by Gasteiger charge is 2.21. The van der Waals surface area contributed by atoms with Crippen molar-refractivity contribution in [3.05, 3.63) is 60.0 Å². The van der Waals surface area contributed by atoms with Gasteiger partial charge < -0.3 is 14.4 Å². The smallest absolute Gasteiger partial charge is 0.247 e. The molecule has 0 unspecified atom stereocenters. The van der Waals surface area contributed by atoms with E-state index < -0.39 is 0 Å². The lowest BCUT2D eigenvalue weighted by atomic mass is 10.1. The predicted molar refractivity (Wildman–Crippen MR) is 100 cm³/mol. The maximum atomic E-state index is 10.0. The summed E-state index contributed by atoms with van der Waals surface area (Å²) in [4.78, 5) is 4.50. The minimum Gasteiger partial charge on any atom is -0.506 e. The first kappa shape index (κ1) is 16.6. The molecule has 0 radical (unpaired) electrons. The van der Waals surface area contributed by atoms with Gasteiger partial charge in [0.05, 0.1) is 12.2 Å². The summed E-state index contributed by atoms with van der Waals surface area (Å²) < 4.78 is 5.84. The van der Waals surface area contributed by atoms with Crippen molar-refractivity contribution in [1.82, 2.24) is 15.1 Å². The number of aromatic hydroxyl groups is 1. The molecule has 1 aromatic heterocycles. The van der Waals surface area contributed by atoms with E-state index in [2.05, 4.69) is 20.0 Å². The van der Waals surface area contributed by atoms with E-state index >= 15 is 0 Å². The molecule has 1 N–H and O–H groups in total. The van der Waals surface area contributed by atoms with E-state index in [1.165, 1.54) is 5.56 Å². The SMILES string of the molecule is Cc1cccc(-c2nnc(CN3CCN(c4ccccc4O)CC3)o2)c1. The van der Waals surface area contributed by atoms with Gasteiger partial charge in [-0.15, -0.1) is 10.2 Å². The lowest BCUT2D eigenvalue weighted by molar-refractivity contribution is 0.226. The lowest BCUT2D eigenvalue weighted by Crippen LogP contribution is -2.46. The Bertz CT molecular complexity index is 885. The number of rotatable bonds is 4. The monoisotopic (exact) mass is 350 g/mol. The third-order valence-corrected chi connectivity index (χ3v) is 4.69. The van der Waals surface area contributed by atoms with Crippen LogP contribution >= 0.6 is 0 Å². The van der Waals surface area contributed by atoms with Crippen LogP contribution in [-0.2, 0) is 6.54 Å². The molecular weight excluding hydrogens is 328 g/mol. The summed E-state index contributed by atoms with van der Waals surface area (Å²) in [6, 6.07) is 15.5. The second-order valence-electron chi connectivity index (χ2n) is 6.62. The molecule has 0 amide bonds. The van der Waals surface area contributed by atoms with Gasteiger partial charge in [0.1, 0.15) is 5.75 Å². The van der Waals surface area contributed by atoms with Crippen LogP contribution in [0.1, 0.15) is 11.5 Å². The molecule has 3 aromatic rings. The van der Waals surface area contributed by atoms with Crippen molar-refractivity contribution in [3.8, 4) is 17.2 Å². The zero-order valence-corrected chi connectivity index (χ0v) is 14.8. The number of piperazine rings is 1. The number of hydrogen-bond donors (Lipinski definition) is 1. The van der Waals surface area contributed by atoms with Gasteiger partial charge in [-0.2, -0.15) is 0 Å². The summed E-state index contributed by atoms with van der Waals surface area (Å²) >= 11 is 0. The van der Waals surface area contributed by atoms with Crippen molar-refractivity contribution >= 4 is 5.69 Å². The van der Waals surface area contributed by atoms with Crippen LogP contribution in [0.5, 0.6) is 5.75 Å². The molecule has 6 heteroatoms. The van der Waals surface area contributed by atoms with Crippen molar-refractivity contribution in [2.75, 3.05) is 31.1 Å². The van der Waals surface area contributed by atoms with Crippen molar-refractivity contribution in [2.24, 2.45) is 0 Å². The van der Waals surface area contributed by atoms with Gasteiger partial charge in [-0.25, -0.2) is 0 Å². The van der Waals surface area contributed by atoms with Crippen molar-refractivity contribution in [3.63, 3.8) is 0 Å². The molecule has 2 heterocycles. The molecule has 0 spiro atoms. The molecule has 1 aliphatic heterocycles. The maximum absolute atomic E-state index is 10.0. The average molecular weight is 350 g/mol. The standard InChI is InChI=1S/C20H22N4O2/c1-15-5-4-6-16(13-15)20-22-21-19(26-20)14-23-9-11-24(12-10-23)17-7-2-3-8-18(17)25/h2-8,13,25H,9-12,14H2,1H3. The molecule has 0 aliphatic carbocycles. The predicted octanol–water partition coefficient (Wildman–Crippen LogP) is 3.07. The minimum atomic E-state index is 0.334. The Hall–Kier alpha value is -2.86. The molecule has 26 heavy (non-hydrogen) atoms. The van der Waals surface area contributed by atoms with Crippen LogP contribution < -0.4 is 4.90 Å². The van der Waals surface area contributed by atoms with E-state index in [1.54, 1.807) is 6.07 Å². The number of nitrogens with zero attached hydrogens (tertiary/aromatic N) is 4. The zero-order chi connectivity index (χ0) is 17.9. The third kappa shape index (κ3) is 3.55. The molecule has 2 aromatic carbocycles. The molecule has 0 bridgehead atoms. The molecule has 1 saturated heterocycles. The molecular formula is C20H22N4O2. The van der Waals surface area contributed by atoms with Crippen molar-refractivity contribution in [2.45, 2.75) is 13.5 Å². The molecule has 134 valence electrons. The Balaban J connectivity index is 1.37. The third-order valence-electron chi connectivity index (χ3n) is 4.69. The van der Waals surface area contributed by atoms with Gasteiger partial charge in [-0.3, -0.25) is 4.90 Å². The Morgan fingerprint density at radius 2 is 1.81 bits per heavy atom. The highest BCUT2D eigenvalue weighted by atomic mass is 16.4. The molecule has 6 nitrogen and oxygen atoms in total. The van der Waals surface area contributed by atoms with Crippen molar-refractivity contribution in [1.29, 1.82) is 0 Å². The van der Waals surface area contributed by atoms with E-state index in [4.69, 9.17) is 4.42 Å². The number of para-hydroxylation sites is 2. The summed E-state index contributed by atoms with van der Waals surface area (Å²) in [7, 11) is 0. The van der Waals surface area contributed by atoms with Crippen LogP contribution in [0.2, 0.25) is 0 Å². The lowest BCUT2D eigenvalue weighted by Gasteiger charge is -2.35. The van der Waals surface area contributed by atoms with Gasteiger partial charge in [0.25, 0.3) is 0 Å². The van der Waals surface area contributed by atoms with Gasteiger partial charge in [0.15, 0.2) is 0 Å². The van der Waals surface area contributed by atoms with E-state index in [-0.39, 0.29) is 0 Å². The fourth-order valence-electron chi connectivity index (χ4n) is 3.28. The fourth-order valence-corrected chi connectivity index (χ4v) is 3.28. The summed E-state index contributed by atoms with van der Waals surface area (Å²) in [5.74, 6) is 1.54. The number of hydrogen-bond acceptors (Lipinski definition) is 6. The van der Waals surface area contributed by atoms with Gasteiger partial charge >= 0.3 is 0 Å². The Labute approximate surface area is 152 Å². The van der Waals surface area contributed by atoms with Crippen molar-refractivity contribution < 1.29 is 9.52 Å². The minimum absolute atomic E-state index is 0.334. The van der Waals surface area contributed by atoms with E-state index in [9.17, 15) is 5.11 Å². The van der Waals surface area contributed by atoms with Crippen LogP contribution in [0.4, 0.5) is 5.69 Å². The summed E-state index contributed by atoms with van der Waals surface area (Å²) in [6.45, 7) is 6.18. The summed E-state index contributed by atoms with van der Waals surface area (Å²) in [5, 5.41) is 18.4. The first-order valence-electron chi connectivity index (χ1n) is 8.84. The first-order valence-corrected chi connectivity index (χ1v) is 8.84. The maximum Gasteiger partial charge on any atom is 0.247 e. The Morgan fingerprint density at radius 1 is 1.00 bits per heavy atom. The fraction of sp³-hybridized carbons (Fsp3) is 0.300. The Kier molecular flexibility index (Phi) is 4.58. The normalized spacial score (nSPS) is 15.3. The molecule has 0 atom stereocenters. The molecule has 0 saturated carbocycles. The number of phenolic OH excluding ortho intramolecular Hbond substituents is 1. The van der Waals surface area contributed by atoms with Gasteiger partial charge in [-0.1, -0.05) is 29.8 Å². The topological polar surface area (TPSA) is 65.6 Å². The van der Waals surface area contributed by atoms with Crippen LogP contribution in [0, 0.1) is 6.92 Å². The quantitative estimate of drug-likeness (QED) is 0.780.